The third kappa shape index (κ3) is 30.5. The summed E-state index contributed by atoms with van der Waals surface area (Å²) in [7, 11) is 0. The van der Waals surface area contributed by atoms with Crippen molar-refractivity contribution in [2.24, 2.45) is 39.8 Å². The van der Waals surface area contributed by atoms with Gasteiger partial charge in [-0.3, -0.25) is 57.7 Å². The molecule has 21 N–H and O–H groups in total. The fourth-order valence-electron chi connectivity index (χ4n) is 7.55. The van der Waals surface area contributed by atoms with Crippen LogP contribution >= 0.6 is 25.3 Å². The second-order valence-corrected chi connectivity index (χ2v) is 20.9. The lowest BCUT2D eigenvalue weighted by atomic mass is 10.0. The van der Waals surface area contributed by atoms with Crippen molar-refractivity contribution in [2.45, 2.75) is 140 Å². The van der Waals surface area contributed by atoms with Crippen molar-refractivity contribution in [2.75, 3.05) is 50.8 Å². The number of carbonyl (C=O) groups excluding carboxylic acids is 11. The molecule has 0 saturated carbocycles. The number of benzene rings is 1. The Morgan fingerprint density at radius 3 is 1.42 bits per heavy atom. The van der Waals surface area contributed by atoms with Crippen LogP contribution in [0.15, 0.2) is 35.3 Å². The van der Waals surface area contributed by atoms with Crippen LogP contribution in [0.25, 0.3) is 0 Å². The topological polar surface area (TPSA) is 494 Å². The molecule has 1 rings (SSSR count). The first kappa shape index (κ1) is 73.7. The molecule has 11 amide bonds. The number of carbonyl (C=O) groups is 12. The molecule has 0 bridgehead atoms. The third-order valence-corrected chi connectivity index (χ3v) is 12.7. The average molecular weight is 1210 g/mol. The number of hydrogen-bond acceptors (Lipinski definition) is 18. The lowest BCUT2D eigenvalue weighted by Crippen LogP contribution is -2.60. The number of nitrogens with zero attached hydrogens (tertiary/aromatic N) is 1. The number of carboxylic acids is 1. The Morgan fingerprint density at radius 1 is 0.506 bits per heavy atom. The average Bonchev–Trinajstić information content (AvgIpc) is 3.48. The number of aliphatic hydroxyl groups is 1. The van der Waals surface area contributed by atoms with Gasteiger partial charge in [-0.15, -0.1) is 0 Å². The standard InChI is InChI=1S/C51H86N16O14S2/c1-27(2)18-33(63-42(72)29(5)53)47(77)66-37(25-82)44(74)59-23-41(71)61-36(24-68)48(78)62-31(15-11-17-56-51(54)55)45(75)67-38(26-83)49(79)64-34(19-28(3)4)46(76)65-35(20-30-12-7-6-8-13-30)43(73)58-21-39(69)57-22-40(70)60-32(50(80)81)14-9-10-16-52/h6-8,12-13,27-29,31-38,68,82-83H,9-11,14-26,52-53H2,1-5H3,(H,57,69)(H,58,73)(H,59,74)(H,60,70)(H,61,71)(H,62,78)(H,63,72)(H,64,79)(H,65,76)(H,66,77)(H,67,75)(H,80,81)(H4,54,55,56)/t29-,31-,32-,33-,34-,35-,36-,37-,38-/m0/s1. The number of rotatable bonds is 40. The number of nitrogens with one attached hydrogen (secondary N) is 11. The van der Waals surface area contributed by atoms with Crippen LogP contribution in [0.3, 0.4) is 0 Å². The fourth-order valence-corrected chi connectivity index (χ4v) is 8.06. The quantitative estimate of drug-likeness (QED) is 0.0126. The maximum atomic E-state index is 14.1. The molecule has 0 aliphatic heterocycles. The summed E-state index contributed by atoms with van der Waals surface area (Å²) < 4.78 is 0. The van der Waals surface area contributed by atoms with Crippen LogP contribution in [0, 0.1) is 11.8 Å². The van der Waals surface area contributed by atoms with Crippen LogP contribution in [0.4, 0.5) is 0 Å². The Bertz CT molecular complexity index is 2350. The van der Waals surface area contributed by atoms with Crippen LogP contribution < -0.4 is 81.4 Å². The summed E-state index contributed by atoms with van der Waals surface area (Å²) in [5.74, 6) is -11.7. The second-order valence-electron chi connectivity index (χ2n) is 20.2. The van der Waals surface area contributed by atoms with E-state index in [0.29, 0.717) is 24.9 Å². The molecule has 9 atom stereocenters. The van der Waals surface area contributed by atoms with Gasteiger partial charge in [0, 0.05) is 24.5 Å². The molecular weight excluding hydrogens is 1120 g/mol. The van der Waals surface area contributed by atoms with Gasteiger partial charge in [0.2, 0.25) is 65.0 Å². The van der Waals surface area contributed by atoms with Crippen molar-refractivity contribution in [1.29, 1.82) is 0 Å². The minimum atomic E-state index is -1.70. The van der Waals surface area contributed by atoms with E-state index >= 15 is 0 Å². The minimum absolute atomic E-state index is 0.0136. The van der Waals surface area contributed by atoms with E-state index < -0.39 is 152 Å². The van der Waals surface area contributed by atoms with Gasteiger partial charge in [0.05, 0.1) is 32.3 Å². The van der Waals surface area contributed by atoms with Gasteiger partial charge in [-0.1, -0.05) is 58.0 Å². The zero-order valence-electron chi connectivity index (χ0n) is 47.5. The SMILES string of the molecule is CC(C)C[C@H](NC(=O)[C@H](C)N)C(=O)N[C@@H](CS)C(=O)NCC(=O)N[C@@H](CO)C(=O)N[C@@H](CCCN=C(N)N)C(=O)N[C@@H](CS)C(=O)N[C@@H](CC(C)C)C(=O)N[C@@H](Cc1ccccc1)C(=O)NCC(=O)NCC(=O)N[C@@H](CCCCN)C(=O)O. The van der Waals surface area contributed by atoms with Crippen LogP contribution in [-0.2, 0) is 64.0 Å². The van der Waals surface area contributed by atoms with E-state index in [1.165, 1.54) is 6.92 Å². The Kier molecular flexibility index (Phi) is 35.5. The molecule has 0 radical (unpaired) electrons. The summed E-state index contributed by atoms with van der Waals surface area (Å²) in [6.45, 7) is 5.92. The number of aliphatic hydroxyl groups excluding tert-OH is 1. The summed E-state index contributed by atoms with van der Waals surface area (Å²) in [5.41, 5.74) is 22.6. The number of amides is 11. The first-order valence-corrected chi connectivity index (χ1v) is 28.3. The molecule has 30 nitrogen and oxygen atoms in total. The molecular formula is C51H86N16O14S2. The van der Waals surface area contributed by atoms with Gasteiger partial charge < -0.3 is 91.6 Å². The van der Waals surface area contributed by atoms with E-state index in [0.717, 1.165) is 0 Å². The van der Waals surface area contributed by atoms with Crippen LogP contribution in [0.2, 0.25) is 0 Å². The van der Waals surface area contributed by atoms with Gasteiger partial charge in [0.1, 0.15) is 48.3 Å². The van der Waals surface area contributed by atoms with Gasteiger partial charge in [0.25, 0.3) is 0 Å². The Morgan fingerprint density at radius 2 is 0.928 bits per heavy atom. The highest BCUT2D eigenvalue weighted by atomic mass is 32.1. The summed E-state index contributed by atoms with van der Waals surface area (Å²) in [6.07, 6.45) is 1.19. The Labute approximate surface area is 493 Å². The number of unbranched alkanes of at least 4 members (excludes halogenated alkanes) is 1. The molecule has 0 heterocycles. The van der Waals surface area contributed by atoms with Crippen LogP contribution in [0.1, 0.15) is 85.1 Å². The third-order valence-electron chi connectivity index (χ3n) is 11.9. The molecule has 0 unspecified atom stereocenters. The molecule has 0 fully saturated rings. The zero-order chi connectivity index (χ0) is 62.8. The van der Waals surface area contributed by atoms with Gasteiger partial charge in [-0.25, -0.2) is 4.79 Å². The van der Waals surface area contributed by atoms with Crippen molar-refractivity contribution >= 4 is 102 Å². The van der Waals surface area contributed by atoms with E-state index in [4.69, 9.17) is 22.9 Å². The van der Waals surface area contributed by atoms with E-state index in [1.54, 1.807) is 44.2 Å². The summed E-state index contributed by atoms with van der Waals surface area (Å²) in [5, 5.41) is 46.4. The second kappa shape index (κ2) is 40.0. The van der Waals surface area contributed by atoms with E-state index in [2.05, 4.69) is 88.7 Å². The first-order chi connectivity index (χ1) is 39.1. The first-order valence-electron chi connectivity index (χ1n) is 27.0. The van der Waals surface area contributed by atoms with Crippen molar-refractivity contribution in [3.63, 3.8) is 0 Å². The number of guanidine groups is 1. The Hall–Kier alpha value is -7.29. The molecule has 1 aromatic carbocycles. The number of hydrogen-bond donors (Lipinski definition) is 19. The highest BCUT2D eigenvalue weighted by Gasteiger charge is 2.34. The molecule has 0 saturated heterocycles. The largest absolute Gasteiger partial charge is 0.480 e. The molecule has 0 aliphatic rings. The maximum Gasteiger partial charge on any atom is 0.326 e. The Balaban J connectivity index is 3.20. The van der Waals surface area contributed by atoms with Crippen molar-refractivity contribution in [3.8, 4) is 0 Å². The number of thiol groups is 2. The van der Waals surface area contributed by atoms with Crippen molar-refractivity contribution in [1.82, 2.24) is 58.5 Å². The highest BCUT2D eigenvalue weighted by molar-refractivity contribution is 7.80. The smallest absolute Gasteiger partial charge is 0.326 e. The van der Waals surface area contributed by atoms with Gasteiger partial charge in [0.15, 0.2) is 5.96 Å². The van der Waals surface area contributed by atoms with E-state index in [9.17, 15) is 67.7 Å². The van der Waals surface area contributed by atoms with Crippen molar-refractivity contribution < 1.29 is 67.7 Å². The molecule has 32 heteroatoms. The van der Waals surface area contributed by atoms with Crippen LogP contribution in [-0.4, -0.2) is 192 Å². The van der Waals surface area contributed by atoms with Crippen molar-refractivity contribution in [3.05, 3.63) is 35.9 Å². The van der Waals surface area contributed by atoms with Gasteiger partial charge >= 0.3 is 5.97 Å². The van der Waals surface area contributed by atoms with E-state index in [1.807, 2.05) is 13.8 Å². The normalized spacial score (nSPS) is 14.2. The predicted octanol–water partition coefficient (Wildman–Crippen LogP) is -5.99. The molecule has 83 heavy (non-hydrogen) atoms. The van der Waals surface area contributed by atoms with E-state index in [-0.39, 0.29) is 74.4 Å². The van der Waals surface area contributed by atoms with Crippen LogP contribution in [0.5, 0.6) is 0 Å². The lowest BCUT2D eigenvalue weighted by Gasteiger charge is -2.27. The minimum Gasteiger partial charge on any atom is -0.480 e. The molecule has 466 valence electrons. The summed E-state index contributed by atoms with van der Waals surface area (Å²) >= 11 is 8.39. The molecule has 1 aromatic rings. The maximum absolute atomic E-state index is 14.1. The zero-order valence-corrected chi connectivity index (χ0v) is 49.3. The number of aliphatic imine (C=N–C) groups is 1. The monoisotopic (exact) mass is 1210 g/mol. The summed E-state index contributed by atoms with van der Waals surface area (Å²) in [4.78, 5) is 161. The number of aliphatic carboxylic acids is 1. The van der Waals surface area contributed by atoms with Gasteiger partial charge in [-0.2, -0.15) is 25.3 Å². The summed E-state index contributed by atoms with van der Waals surface area (Å²) in [6, 6.07) is -3.20. The predicted molar refractivity (Wildman–Crippen MR) is 312 cm³/mol. The molecule has 0 spiro atoms. The number of carboxylic acid groups (broad SMARTS) is 1. The fraction of sp³-hybridized carbons (Fsp3) is 0.627. The molecule has 0 aliphatic carbocycles. The highest BCUT2D eigenvalue weighted by Crippen LogP contribution is 2.11. The van der Waals surface area contributed by atoms with Gasteiger partial charge in [-0.05, 0) is 75.8 Å². The molecule has 0 aromatic heterocycles. The number of nitrogens with two attached hydrogens (primary N) is 4. The lowest BCUT2D eigenvalue weighted by molar-refractivity contribution is -0.142.